The van der Waals surface area contributed by atoms with E-state index in [2.05, 4.69) is 11.6 Å². The Morgan fingerprint density at radius 3 is 2.48 bits per heavy atom. The summed E-state index contributed by atoms with van der Waals surface area (Å²) in [4.78, 5) is 18.9. The van der Waals surface area contributed by atoms with Crippen LogP contribution >= 0.6 is 11.6 Å². The van der Waals surface area contributed by atoms with Gasteiger partial charge in [0.05, 0.1) is 30.6 Å². The smallest absolute Gasteiger partial charge is 0.228 e. The standard InChI is InChI=1S/C25H28ClN3O3S/c1-4-13-28(24(30)15-20-9-6-5-7-10-20)17-23-16-27-25(29(23)19(2)3)33(31,32)18-21-11-8-12-22(26)14-21/h4-12,14,16,19H,1,13,15,17-18H2,2-3H3. The highest BCUT2D eigenvalue weighted by molar-refractivity contribution is 7.90. The van der Waals surface area contributed by atoms with Crippen LogP contribution in [0.15, 0.2) is 78.6 Å². The van der Waals surface area contributed by atoms with Crippen molar-refractivity contribution < 1.29 is 13.2 Å². The molecule has 174 valence electrons. The molecule has 33 heavy (non-hydrogen) atoms. The minimum atomic E-state index is -3.73. The van der Waals surface area contributed by atoms with Gasteiger partial charge in [0.2, 0.25) is 20.9 Å². The maximum atomic E-state index is 13.2. The third kappa shape index (κ3) is 6.33. The normalized spacial score (nSPS) is 11.5. The van der Waals surface area contributed by atoms with Gasteiger partial charge in [0, 0.05) is 17.6 Å². The third-order valence-corrected chi connectivity index (χ3v) is 6.94. The van der Waals surface area contributed by atoms with Gasteiger partial charge in [0.1, 0.15) is 0 Å². The van der Waals surface area contributed by atoms with E-state index < -0.39 is 9.84 Å². The molecule has 1 heterocycles. The Kier molecular flexibility index (Phi) is 8.10. The number of aromatic nitrogens is 2. The number of amides is 1. The number of nitrogens with zero attached hydrogens (tertiary/aromatic N) is 3. The number of carbonyl (C=O) groups is 1. The van der Waals surface area contributed by atoms with Crippen LogP contribution in [0, 0.1) is 0 Å². The molecule has 1 amide bonds. The molecule has 3 rings (SSSR count). The minimum absolute atomic E-state index is 0.0125. The molecular weight excluding hydrogens is 458 g/mol. The highest BCUT2D eigenvalue weighted by atomic mass is 35.5. The van der Waals surface area contributed by atoms with E-state index in [9.17, 15) is 13.2 Å². The first-order valence-electron chi connectivity index (χ1n) is 10.7. The first kappa shape index (κ1) is 24.7. The van der Waals surface area contributed by atoms with Crippen molar-refractivity contribution >= 4 is 27.3 Å². The van der Waals surface area contributed by atoms with Gasteiger partial charge in [0.25, 0.3) is 0 Å². The van der Waals surface area contributed by atoms with Crippen LogP contribution in [-0.2, 0) is 33.4 Å². The molecule has 1 aromatic heterocycles. The van der Waals surface area contributed by atoms with E-state index in [-0.39, 0.29) is 35.8 Å². The molecular formula is C25H28ClN3O3S. The lowest BCUT2D eigenvalue weighted by molar-refractivity contribution is -0.130. The molecule has 0 N–H and O–H groups in total. The second-order valence-electron chi connectivity index (χ2n) is 8.11. The molecule has 0 fully saturated rings. The Balaban J connectivity index is 1.88. The molecule has 8 heteroatoms. The molecule has 0 atom stereocenters. The zero-order chi connectivity index (χ0) is 24.0. The predicted molar refractivity (Wildman–Crippen MR) is 131 cm³/mol. The number of imidazole rings is 1. The summed E-state index contributed by atoms with van der Waals surface area (Å²) in [5.74, 6) is -0.277. The van der Waals surface area contributed by atoms with E-state index in [1.165, 1.54) is 6.20 Å². The SMILES string of the molecule is C=CCN(Cc1cnc(S(=O)(=O)Cc2cccc(Cl)c2)n1C(C)C)C(=O)Cc1ccccc1. The van der Waals surface area contributed by atoms with Crippen LogP contribution in [0.4, 0.5) is 0 Å². The lowest BCUT2D eigenvalue weighted by Gasteiger charge is -2.23. The van der Waals surface area contributed by atoms with Crippen molar-refractivity contribution in [1.29, 1.82) is 0 Å². The second kappa shape index (κ2) is 10.8. The fraction of sp³-hybridized carbons (Fsp3) is 0.280. The molecule has 0 aliphatic rings. The average molecular weight is 486 g/mol. The fourth-order valence-corrected chi connectivity index (χ4v) is 5.48. The lowest BCUT2D eigenvalue weighted by atomic mass is 10.1. The molecule has 0 saturated carbocycles. The Hall–Kier alpha value is -2.90. The molecule has 6 nitrogen and oxygen atoms in total. The van der Waals surface area contributed by atoms with Crippen LogP contribution in [0.3, 0.4) is 0 Å². The van der Waals surface area contributed by atoms with Crippen molar-refractivity contribution in [2.24, 2.45) is 0 Å². The Morgan fingerprint density at radius 2 is 1.85 bits per heavy atom. The maximum absolute atomic E-state index is 13.2. The topological polar surface area (TPSA) is 72.3 Å². The van der Waals surface area contributed by atoms with E-state index in [0.717, 1.165) is 5.56 Å². The summed E-state index contributed by atoms with van der Waals surface area (Å²) in [6.07, 6.45) is 3.46. The number of sulfone groups is 1. The van der Waals surface area contributed by atoms with Gasteiger partial charge in [0.15, 0.2) is 0 Å². The van der Waals surface area contributed by atoms with E-state index in [1.807, 2.05) is 44.2 Å². The Labute approximate surface area is 200 Å². The summed E-state index contributed by atoms with van der Waals surface area (Å²) in [5, 5.41) is 0.467. The van der Waals surface area contributed by atoms with Crippen molar-refractivity contribution in [1.82, 2.24) is 14.5 Å². The van der Waals surface area contributed by atoms with Gasteiger partial charge in [-0.25, -0.2) is 13.4 Å². The van der Waals surface area contributed by atoms with E-state index in [0.29, 0.717) is 22.8 Å². The summed E-state index contributed by atoms with van der Waals surface area (Å²) in [7, 11) is -3.73. The van der Waals surface area contributed by atoms with Crippen molar-refractivity contribution in [3.8, 4) is 0 Å². The molecule has 3 aromatic rings. The molecule has 0 unspecified atom stereocenters. The zero-order valence-electron chi connectivity index (χ0n) is 18.8. The Bertz CT molecular complexity index is 1220. The molecule has 0 bridgehead atoms. The molecule has 0 spiro atoms. The lowest BCUT2D eigenvalue weighted by Crippen LogP contribution is -2.33. The van der Waals surface area contributed by atoms with Gasteiger partial charge >= 0.3 is 0 Å². The number of benzene rings is 2. The number of carbonyl (C=O) groups excluding carboxylic acids is 1. The molecule has 2 aromatic carbocycles. The summed E-state index contributed by atoms with van der Waals surface area (Å²) < 4.78 is 28.1. The van der Waals surface area contributed by atoms with Crippen LogP contribution < -0.4 is 0 Å². The number of rotatable bonds is 10. The summed E-state index contributed by atoms with van der Waals surface area (Å²) >= 11 is 6.02. The summed E-state index contributed by atoms with van der Waals surface area (Å²) in [6.45, 7) is 8.14. The molecule has 0 aliphatic heterocycles. The Morgan fingerprint density at radius 1 is 1.15 bits per heavy atom. The second-order valence-corrected chi connectivity index (χ2v) is 10.4. The molecule has 0 radical (unpaired) electrons. The van der Waals surface area contributed by atoms with Crippen LogP contribution in [0.5, 0.6) is 0 Å². The number of hydrogen-bond acceptors (Lipinski definition) is 4. The van der Waals surface area contributed by atoms with Crippen molar-refractivity contribution in [3.63, 3.8) is 0 Å². The maximum Gasteiger partial charge on any atom is 0.228 e. The quantitative estimate of drug-likeness (QED) is 0.385. The van der Waals surface area contributed by atoms with Gasteiger partial charge in [-0.15, -0.1) is 6.58 Å². The monoisotopic (exact) mass is 485 g/mol. The fourth-order valence-electron chi connectivity index (χ4n) is 3.68. The largest absolute Gasteiger partial charge is 0.333 e. The first-order valence-corrected chi connectivity index (χ1v) is 12.7. The number of hydrogen-bond donors (Lipinski definition) is 0. The predicted octanol–water partition coefficient (Wildman–Crippen LogP) is 4.85. The molecule has 0 saturated heterocycles. The number of halogens is 1. The van der Waals surface area contributed by atoms with Crippen molar-refractivity contribution in [2.45, 2.75) is 43.8 Å². The van der Waals surface area contributed by atoms with Gasteiger partial charge < -0.3 is 9.47 Å². The van der Waals surface area contributed by atoms with E-state index in [1.54, 1.807) is 39.8 Å². The van der Waals surface area contributed by atoms with Gasteiger partial charge in [-0.2, -0.15) is 0 Å². The van der Waals surface area contributed by atoms with Crippen LogP contribution in [-0.4, -0.2) is 35.3 Å². The van der Waals surface area contributed by atoms with Crippen LogP contribution in [0.2, 0.25) is 5.02 Å². The average Bonchev–Trinajstić information content (AvgIpc) is 3.19. The van der Waals surface area contributed by atoms with E-state index in [4.69, 9.17) is 11.6 Å². The van der Waals surface area contributed by atoms with Gasteiger partial charge in [-0.05, 0) is 37.1 Å². The highest BCUT2D eigenvalue weighted by Gasteiger charge is 2.26. The summed E-state index contributed by atoms with van der Waals surface area (Å²) in [6, 6.07) is 16.1. The molecule has 0 aliphatic carbocycles. The van der Waals surface area contributed by atoms with E-state index >= 15 is 0 Å². The van der Waals surface area contributed by atoms with Crippen LogP contribution in [0.1, 0.15) is 36.7 Å². The third-order valence-electron chi connectivity index (χ3n) is 5.13. The van der Waals surface area contributed by atoms with Crippen molar-refractivity contribution in [2.75, 3.05) is 6.54 Å². The minimum Gasteiger partial charge on any atom is -0.333 e. The van der Waals surface area contributed by atoms with Crippen molar-refractivity contribution in [3.05, 3.63) is 95.3 Å². The summed E-state index contributed by atoms with van der Waals surface area (Å²) in [5.41, 5.74) is 2.16. The first-order chi connectivity index (χ1) is 15.7. The zero-order valence-corrected chi connectivity index (χ0v) is 20.4. The van der Waals surface area contributed by atoms with Gasteiger partial charge in [-0.1, -0.05) is 60.1 Å². The highest BCUT2D eigenvalue weighted by Crippen LogP contribution is 2.24. The van der Waals surface area contributed by atoms with Gasteiger partial charge in [-0.3, -0.25) is 4.79 Å². The van der Waals surface area contributed by atoms with Crippen LogP contribution in [0.25, 0.3) is 0 Å².